The van der Waals surface area contributed by atoms with Crippen LogP contribution >= 0.6 is 0 Å². The molecule has 2 heterocycles. The van der Waals surface area contributed by atoms with Gasteiger partial charge in [0.25, 0.3) is 0 Å². The van der Waals surface area contributed by atoms with Gasteiger partial charge in [-0.25, -0.2) is 0 Å². The first kappa shape index (κ1) is 25.4. The van der Waals surface area contributed by atoms with E-state index in [4.69, 9.17) is 9.15 Å². The Morgan fingerprint density at radius 2 is 1.13 bits per heavy atom. The van der Waals surface area contributed by atoms with Crippen molar-refractivity contribution in [2.24, 2.45) is 0 Å². The van der Waals surface area contributed by atoms with Crippen molar-refractivity contribution in [3.63, 3.8) is 0 Å². The number of aromatic nitrogens is 1. The summed E-state index contributed by atoms with van der Waals surface area (Å²) in [5.41, 5.74) is 9.72. The maximum atomic E-state index is 6.56. The molecule has 0 aliphatic carbocycles. The largest absolute Gasteiger partial charge is 0.457 e. The second-order valence-electron chi connectivity index (χ2n) is 11.4. The van der Waals surface area contributed by atoms with Gasteiger partial charge in [0.15, 0.2) is 0 Å². The Labute approximate surface area is 260 Å². The first-order chi connectivity index (χ1) is 22.3. The summed E-state index contributed by atoms with van der Waals surface area (Å²) >= 11 is 0. The lowest BCUT2D eigenvalue weighted by Gasteiger charge is -2.09. The fourth-order valence-electron chi connectivity index (χ4n) is 6.57. The number of hydrogen-bond donors (Lipinski definition) is 0. The Morgan fingerprint density at radius 3 is 2.02 bits per heavy atom. The maximum absolute atomic E-state index is 6.56. The highest BCUT2D eigenvalue weighted by Gasteiger charge is 2.17. The van der Waals surface area contributed by atoms with Gasteiger partial charge in [0, 0.05) is 32.8 Å². The SMILES string of the molecule is c1ccc(Oc2cccc(-c3cccc4c3oc3ccc(-n5c6ccccc6c6cc(-c7ccccc7)ccc65)cc34)c2)cc1. The molecule has 0 spiro atoms. The minimum absolute atomic E-state index is 0.788. The molecule has 0 aliphatic heterocycles. The standard InChI is InChI=1S/C42H27NO2/c1-3-11-28(12-4-1)29-21-23-40-37(26-29)35-17-7-8-20-39(35)43(40)31-22-24-41-38(27-31)36-19-10-18-34(42(36)45-41)30-13-9-16-33(25-30)44-32-14-5-2-6-15-32/h1-27H. The quantitative estimate of drug-likeness (QED) is 0.203. The zero-order valence-electron chi connectivity index (χ0n) is 24.4. The number of fused-ring (bicyclic) bond motifs is 6. The van der Waals surface area contributed by atoms with Gasteiger partial charge < -0.3 is 13.7 Å². The summed E-state index contributed by atoms with van der Waals surface area (Å²) in [5, 5.41) is 4.66. The van der Waals surface area contributed by atoms with E-state index in [1.807, 2.05) is 42.5 Å². The van der Waals surface area contributed by atoms with E-state index in [1.165, 1.54) is 32.9 Å². The fraction of sp³-hybridized carbons (Fsp3) is 0. The van der Waals surface area contributed by atoms with Crippen LogP contribution in [0, 0.1) is 0 Å². The monoisotopic (exact) mass is 577 g/mol. The van der Waals surface area contributed by atoms with Crippen LogP contribution in [0.4, 0.5) is 0 Å². The Hall–Kier alpha value is -6.06. The molecule has 45 heavy (non-hydrogen) atoms. The van der Waals surface area contributed by atoms with Crippen LogP contribution in [0.2, 0.25) is 0 Å². The van der Waals surface area contributed by atoms with Gasteiger partial charge in [0.1, 0.15) is 22.7 Å². The van der Waals surface area contributed by atoms with Crippen molar-refractivity contribution in [2.45, 2.75) is 0 Å². The Morgan fingerprint density at radius 1 is 0.422 bits per heavy atom. The van der Waals surface area contributed by atoms with E-state index >= 15 is 0 Å². The zero-order valence-corrected chi connectivity index (χ0v) is 24.4. The van der Waals surface area contributed by atoms with Crippen LogP contribution in [0.15, 0.2) is 168 Å². The molecule has 0 unspecified atom stereocenters. The van der Waals surface area contributed by atoms with E-state index in [1.54, 1.807) is 0 Å². The van der Waals surface area contributed by atoms with E-state index < -0.39 is 0 Å². The number of hydrogen-bond acceptors (Lipinski definition) is 2. The zero-order chi connectivity index (χ0) is 29.7. The third-order valence-electron chi connectivity index (χ3n) is 8.64. The summed E-state index contributed by atoms with van der Waals surface area (Å²) < 4.78 is 15.1. The lowest BCUT2D eigenvalue weighted by molar-refractivity contribution is 0.483. The second kappa shape index (κ2) is 10.3. The average Bonchev–Trinajstić information content (AvgIpc) is 3.64. The van der Waals surface area contributed by atoms with Crippen molar-refractivity contribution in [1.82, 2.24) is 4.57 Å². The molecular formula is C42H27NO2. The van der Waals surface area contributed by atoms with Crippen LogP contribution in [-0.2, 0) is 0 Å². The highest BCUT2D eigenvalue weighted by Crippen LogP contribution is 2.40. The molecule has 9 aromatic rings. The molecule has 0 fully saturated rings. The van der Waals surface area contributed by atoms with Crippen molar-refractivity contribution in [3.8, 4) is 39.4 Å². The first-order valence-corrected chi connectivity index (χ1v) is 15.2. The minimum atomic E-state index is 0.788. The molecule has 2 aromatic heterocycles. The summed E-state index contributed by atoms with van der Waals surface area (Å²) in [6, 6.07) is 57.0. The topological polar surface area (TPSA) is 27.3 Å². The number of para-hydroxylation sites is 3. The third kappa shape index (κ3) is 4.29. The molecule has 0 atom stereocenters. The molecule has 9 rings (SSSR count). The molecule has 0 aliphatic rings. The van der Waals surface area contributed by atoms with Gasteiger partial charge in [-0.3, -0.25) is 0 Å². The Balaban J connectivity index is 1.18. The van der Waals surface area contributed by atoms with Gasteiger partial charge in [-0.05, 0) is 77.4 Å². The summed E-state index contributed by atoms with van der Waals surface area (Å²) in [5.74, 6) is 1.60. The first-order valence-electron chi connectivity index (χ1n) is 15.2. The molecule has 0 N–H and O–H groups in total. The van der Waals surface area contributed by atoms with Crippen molar-refractivity contribution >= 4 is 43.7 Å². The summed E-state index contributed by atoms with van der Waals surface area (Å²) in [6.07, 6.45) is 0. The number of ether oxygens (including phenoxy) is 1. The van der Waals surface area contributed by atoms with Crippen molar-refractivity contribution in [2.75, 3.05) is 0 Å². The summed E-state index contributed by atoms with van der Waals surface area (Å²) in [4.78, 5) is 0. The second-order valence-corrected chi connectivity index (χ2v) is 11.4. The fourth-order valence-corrected chi connectivity index (χ4v) is 6.57. The molecule has 0 saturated carbocycles. The van der Waals surface area contributed by atoms with Crippen LogP contribution in [-0.4, -0.2) is 4.57 Å². The van der Waals surface area contributed by atoms with Gasteiger partial charge >= 0.3 is 0 Å². The molecule has 7 aromatic carbocycles. The van der Waals surface area contributed by atoms with Gasteiger partial charge in [0.2, 0.25) is 0 Å². The predicted molar refractivity (Wildman–Crippen MR) is 185 cm³/mol. The molecule has 0 amide bonds. The third-order valence-corrected chi connectivity index (χ3v) is 8.64. The Kier molecular flexibility index (Phi) is 5.82. The van der Waals surface area contributed by atoms with Gasteiger partial charge in [-0.15, -0.1) is 0 Å². The Bertz CT molecular complexity index is 2510. The summed E-state index contributed by atoms with van der Waals surface area (Å²) in [6.45, 7) is 0. The lowest BCUT2D eigenvalue weighted by atomic mass is 10.0. The van der Waals surface area contributed by atoms with Crippen LogP contribution in [0.25, 0.3) is 71.7 Å². The van der Waals surface area contributed by atoms with Gasteiger partial charge in [-0.1, -0.05) is 103 Å². The van der Waals surface area contributed by atoms with Crippen LogP contribution in [0.5, 0.6) is 11.5 Å². The molecular weight excluding hydrogens is 550 g/mol. The van der Waals surface area contributed by atoms with Crippen molar-refractivity contribution in [3.05, 3.63) is 164 Å². The van der Waals surface area contributed by atoms with Crippen LogP contribution in [0.1, 0.15) is 0 Å². The smallest absolute Gasteiger partial charge is 0.143 e. The molecule has 3 nitrogen and oxygen atoms in total. The highest BCUT2D eigenvalue weighted by molar-refractivity contribution is 6.12. The number of furan rings is 1. The molecule has 212 valence electrons. The van der Waals surface area contributed by atoms with E-state index in [-0.39, 0.29) is 0 Å². The minimum Gasteiger partial charge on any atom is -0.457 e. The number of benzene rings is 7. The van der Waals surface area contributed by atoms with E-state index in [0.29, 0.717) is 0 Å². The average molecular weight is 578 g/mol. The van der Waals surface area contributed by atoms with E-state index in [0.717, 1.165) is 50.3 Å². The van der Waals surface area contributed by atoms with Crippen LogP contribution in [0.3, 0.4) is 0 Å². The number of nitrogens with zero attached hydrogens (tertiary/aromatic N) is 1. The van der Waals surface area contributed by atoms with Crippen molar-refractivity contribution in [1.29, 1.82) is 0 Å². The molecule has 3 heteroatoms. The molecule has 0 bridgehead atoms. The van der Waals surface area contributed by atoms with E-state index in [2.05, 4.69) is 126 Å². The molecule has 0 saturated heterocycles. The maximum Gasteiger partial charge on any atom is 0.143 e. The number of rotatable bonds is 5. The molecule has 0 radical (unpaired) electrons. The lowest BCUT2D eigenvalue weighted by Crippen LogP contribution is -1.93. The predicted octanol–water partition coefficient (Wildman–Crippen LogP) is 11.8. The van der Waals surface area contributed by atoms with Crippen molar-refractivity contribution < 1.29 is 9.15 Å². The van der Waals surface area contributed by atoms with Gasteiger partial charge in [-0.2, -0.15) is 0 Å². The van der Waals surface area contributed by atoms with E-state index in [9.17, 15) is 0 Å². The van der Waals surface area contributed by atoms with Crippen LogP contribution < -0.4 is 4.74 Å². The highest BCUT2D eigenvalue weighted by atomic mass is 16.5. The summed E-state index contributed by atoms with van der Waals surface area (Å²) in [7, 11) is 0. The van der Waals surface area contributed by atoms with Gasteiger partial charge in [0.05, 0.1) is 11.0 Å². The normalized spacial score (nSPS) is 11.6.